The Labute approximate surface area is 136 Å². The molecule has 1 fully saturated rings. The van der Waals surface area contributed by atoms with Gasteiger partial charge >= 0.3 is 0 Å². The van der Waals surface area contributed by atoms with Crippen molar-refractivity contribution in [3.05, 3.63) is 24.0 Å². The van der Waals surface area contributed by atoms with Crippen LogP contribution in [0.25, 0.3) is 0 Å². The van der Waals surface area contributed by atoms with E-state index in [-0.39, 0.29) is 0 Å². The number of nitrogens with one attached hydrogen (secondary N) is 1. The van der Waals surface area contributed by atoms with E-state index in [4.69, 9.17) is 0 Å². The average Bonchev–Trinajstić information content (AvgIpc) is 2.54. The monoisotopic (exact) mass is 304 g/mol. The normalized spacial score (nSPS) is 16.9. The van der Waals surface area contributed by atoms with Crippen LogP contribution in [0, 0.1) is 5.92 Å². The number of aromatic nitrogens is 1. The Balaban J connectivity index is 1.93. The van der Waals surface area contributed by atoms with Gasteiger partial charge in [0.2, 0.25) is 0 Å². The molecule has 0 spiro atoms. The lowest BCUT2D eigenvalue weighted by atomic mass is 10.0. The molecule has 1 saturated heterocycles. The van der Waals surface area contributed by atoms with Crippen molar-refractivity contribution in [3.8, 4) is 0 Å². The second kappa shape index (κ2) is 9.14. The van der Waals surface area contributed by atoms with Gasteiger partial charge in [0, 0.05) is 31.6 Å². The zero-order chi connectivity index (χ0) is 15.8. The summed E-state index contributed by atoms with van der Waals surface area (Å²) in [5.41, 5.74) is 6.34. The van der Waals surface area contributed by atoms with Crippen LogP contribution >= 0.6 is 0 Å². The Morgan fingerprint density at radius 3 is 2.64 bits per heavy atom. The SMILES string of the molecule is CCCCCCc1cc(NN2CCC(C)CC2)cc[n+]1CC. The second-order valence-corrected chi connectivity index (χ2v) is 6.78. The van der Waals surface area contributed by atoms with Crippen molar-refractivity contribution in [3.63, 3.8) is 0 Å². The minimum atomic E-state index is 0.880. The Morgan fingerprint density at radius 1 is 1.18 bits per heavy atom. The summed E-state index contributed by atoms with van der Waals surface area (Å²) in [6.45, 7) is 10.2. The highest BCUT2D eigenvalue weighted by Gasteiger charge is 2.16. The van der Waals surface area contributed by atoms with Crippen LogP contribution in [0.1, 0.15) is 65.0 Å². The molecule has 1 aliphatic heterocycles. The van der Waals surface area contributed by atoms with E-state index >= 15 is 0 Å². The van der Waals surface area contributed by atoms with Gasteiger partial charge in [0.25, 0.3) is 0 Å². The molecule has 0 bridgehead atoms. The first-order valence-electron chi connectivity index (χ1n) is 9.27. The summed E-state index contributed by atoms with van der Waals surface area (Å²) < 4.78 is 2.38. The van der Waals surface area contributed by atoms with Gasteiger partial charge in [-0.25, -0.2) is 9.58 Å². The fourth-order valence-corrected chi connectivity index (χ4v) is 3.21. The molecule has 22 heavy (non-hydrogen) atoms. The van der Waals surface area contributed by atoms with Crippen molar-refractivity contribution in [1.29, 1.82) is 0 Å². The lowest BCUT2D eigenvalue weighted by Crippen LogP contribution is -2.39. The van der Waals surface area contributed by atoms with Crippen molar-refractivity contribution in [1.82, 2.24) is 5.01 Å². The first-order chi connectivity index (χ1) is 10.7. The molecular formula is C19H34N3+. The number of pyridine rings is 1. The average molecular weight is 305 g/mol. The summed E-state index contributed by atoms with van der Waals surface area (Å²) in [5, 5.41) is 2.38. The highest BCUT2D eigenvalue weighted by molar-refractivity contribution is 5.40. The van der Waals surface area contributed by atoms with Gasteiger partial charge in [-0.15, -0.1) is 0 Å². The molecule has 0 amide bonds. The van der Waals surface area contributed by atoms with Crippen LogP contribution < -0.4 is 9.99 Å². The summed E-state index contributed by atoms with van der Waals surface area (Å²) in [5.74, 6) is 0.880. The molecule has 1 aromatic rings. The molecule has 2 heterocycles. The smallest absolute Gasteiger partial charge is 0.183 e. The third-order valence-electron chi connectivity index (χ3n) is 4.82. The third kappa shape index (κ3) is 5.28. The van der Waals surface area contributed by atoms with Crippen LogP contribution in [0.15, 0.2) is 18.3 Å². The molecule has 0 aromatic carbocycles. The molecule has 0 saturated carbocycles. The van der Waals surface area contributed by atoms with Crippen LogP contribution in [0.2, 0.25) is 0 Å². The lowest BCUT2D eigenvalue weighted by Gasteiger charge is -2.31. The first-order valence-corrected chi connectivity index (χ1v) is 9.27. The molecule has 3 heteroatoms. The van der Waals surface area contributed by atoms with E-state index in [1.54, 1.807) is 0 Å². The largest absolute Gasteiger partial charge is 0.318 e. The van der Waals surface area contributed by atoms with Crippen LogP contribution in [0.4, 0.5) is 5.69 Å². The Kier molecular flexibility index (Phi) is 7.17. The predicted octanol–water partition coefficient (Wildman–Crippen LogP) is 4.18. The maximum atomic E-state index is 3.61. The number of nitrogens with zero attached hydrogens (tertiary/aromatic N) is 2. The van der Waals surface area contributed by atoms with Crippen LogP contribution in [-0.4, -0.2) is 18.1 Å². The van der Waals surface area contributed by atoms with Gasteiger partial charge in [0.15, 0.2) is 11.9 Å². The van der Waals surface area contributed by atoms with Gasteiger partial charge in [-0.3, -0.25) is 0 Å². The first kappa shape index (κ1) is 17.3. The molecule has 0 unspecified atom stereocenters. The zero-order valence-corrected chi connectivity index (χ0v) is 14.8. The molecule has 124 valence electrons. The zero-order valence-electron chi connectivity index (χ0n) is 14.8. The molecule has 1 aliphatic rings. The topological polar surface area (TPSA) is 19.1 Å². The molecule has 0 aliphatic carbocycles. The Hall–Kier alpha value is -1.09. The second-order valence-electron chi connectivity index (χ2n) is 6.78. The van der Waals surface area contributed by atoms with E-state index in [1.165, 1.54) is 56.3 Å². The Bertz CT molecular complexity index is 436. The fourth-order valence-electron chi connectivity index (χ4n) is 3.21. The van der Waals surface area contributed by atoms with Crippen molar-refractivity contribution in [2.75, 3.05) is 18.5 Å². The van der Waals surface area contributed by atoms with Crippen molar-refractivity contribution in [2.45, 2.75) is 72.3 Å². The van der Waals surface area contributed by atoms with E-state index < -0.39 is 0 Å². The molecule has 2 rings (SSSR count). The lowest BCUT2D eigenvalue weighted by molar-refractivity contribution is -0.700. The fraction of sp³-hybridized carbons (Fsp3) is 0.737. The summed E-state index contributed by atoms with van der Waals surface area (Å²) in [7, 11) is 0. The molecule has 1 N–H and O–H groups in total. The number of hydrazine groups is 1. The number of hydrogen-bond acceptors (Lipinski definition) is 2. The summed E-state index contributed by atoms with van der Waals surface area (Å²) in [6, 6.07) is 4.57. The minimum absolute atomic E-state index is 0.880. The van der Waals surface area contributed by atoms with E-state index in [0.717, 1.165) is 25.6 Å². The maximum absolute atomic E-state index is 3.61. The van der Waals surface area contributed by atoms with Crippen LogP contribution in [0.5, 0.6) is 0 Å². The summed E-state index contributed by atoms with van der Waals surface area (Å²) >= 11 is 0. The van der Waals surface area contributed by atoms with Crippen LogP contribution in [-0.2, 0) is 13.0 Å². The number of piperidine rings is 1. The number of hydrogen-bond donors (Lipinski definition) is 1. The van der Waals surface area contributed by atoms with Crippen molar-refractivity contribution < 1.29 is 4.57 Å². The van der Waals surface area contributed by atoms with Gasteiger partial charge in [-0.2, -0.15) is 0 Å². The summed E-state index contributed by atoms with van der Waals surface area (Å²) in [6.07, 6.45) is 11.4. The molecule has 0 radical (unpaired) electrons. The number of rotatable bonds is 8. The highest BCUT2D eigenvalue weighted by atomic mass is 15.5. The van der Waals surface area contributed by atoms with Gasteiger partial charge < -0.3 is 5.43 Å². The quantitative estimate of drug-likeness (QED) is 0.574. The van der Waals surface area contributed by atoms with Gasteiger partial charge in [0.1, 0.15) is 6.54 Å². The number of aryl methyl sites for hydroxylation is 2. The van der Waals surface area contributed by atoms with Gasteiger partial charge in [-0.1, -0.05) is 33.1 Å². The predicted molar refractivity (Wildman–Crippen MR) is 93.8 cm³/mol. The van der Waals surface area contributed by atoms with Gasteiger partial charge in [0.05, 0.1) is 5.69 Å². The standard InChI is InChI=1S/C19H33N3/c1-4-6-7-8-9-19-16-18(12-13-21(19)5-2)20-22-14-10-17(3)11-15-22/h12-13,16-17H,4-11,14-15H2,1-3H3/p+1. The molecule has 1 aromatic heterocycles. The molecule has 0 atom stereocenters. The van der Waals surface area contributed by atoms with E-state index in [9.17, 15) is 0 Å². The van der Waals surface area contributed by atoms with E-state index in [1.807, 2.05) is 0 Å². The van der Waals surface area contributed by atoms with Gasteiger partial charge in [-0.05, 0) is 32.1 Å². The van der Waals surface area contributed by atoms with Crippen molar-refractivity contribution >= 4 is 5.69 Å². The molecular weight excluding hydrogens is 270 g/mol. The summed E-state index contributed by atoms with van der Waals surface area (Å²) in [4.78, 5) is 0. The maximum Gasteiger partial charge on any atom is 0.183 e. The third-order valence-corrected chi connectivity index (χ3v) is 4.82. The number of unbranched alkanes of at least 4 members (excludes halogenated alkanes) is 3. The minimum Gasteiger partial charge on any atom is -0.318 e. The van der Waals surface area contributed by atoms with E-state index in [0.29, 0.717) is 0 Å². The Morgan fingerprint density at radius 2 is 1.95 bits per heavy atom. The van der Waals surface area contributed by atoms with Crippen LogP contribution in [0.3, 0.4) is 0 Å². The highest BCUT2D eigenvalue weighted by Crippen LogP contribution is 2.18. The van der Waals surface area contributed by atoms with Crippen molar-refractivity contribution in [2.24, 2.45) is 5.92 Å². The number of anilines is 1. The molecule has 3 nitrogen and oxygen atoms in total. The van der Waals surface area contributed by atoms with E-state index in [2.05, 4.69) is 54.1 Å².